The third-order valence-electron chi connectivity index (χ3n) is 2.34. The molecule has 0 unspecified atom stereocenters. The van der Waals surface area contributed by atoms with Crippen molar-refractivity contribution in [2.45, 2.75) is 6.92 Å². The quantitative estimate of drug-likeness (QED) is 0.833. The van der Waals surface area contributed by atoms with Crippen LogP contribution in [0, 0.1) is 6.92 Å². The molecular weight excluding hydrogens is 378 g/mol. The molecule has 98 valence electrons. The Balaban J connectivity index is 2.29. The lowest BCUT2D eigenvalue weighted by Gasteiger charge is -2.10. The average molecular weight is 387 g/mol. The third-order valence-corrected chi connectivity index (χ3v) is 3.59. The van der Waals surface area contributed by atoms with E-state index in [0.717, 1.165) is 14.5 Å². The molecule has 0 atom stereocenters. The molecule has 0 radical (unpaired) electrons. The number of carbonyl (C=O) groups excluding carboxylic acids is 1. The second kappa shape index (κ2) is 5.66. The zero-order valence-corrected chi connectivity index (χ0v) is 13.0. The number of aromatic nitrogens is 2. The van der Waals surface area contributed by atoms with Gasteiger partial charge in [-0.2, -0.15) is 5.10 Å². The molecule has 1 heterocycles. The van der Waals surface area contributed by atoms with Crippen LogP contribution < -0.4 is 10.9 Å². The SMILES string of the molecule is Cc1cc(Br)c(NC(=O)c2ccc(=O)[nH]n2)c(Br)c1. The molecule has 0 spiro atoms. The molecule has 5 nitrogen and oxygen atoms in total. The zero-order chi connectivity index (χ0) is 14.0. The van der Waals surface area contributed by atoms with Crippen LogP contribution in [0.15, 0.2) is 38.0 Å². The number of nitrogens with one attached hydrogen (secondary N) is 2. The van der Waals surface area contributed by atoms with Crippen molar-refractivity contribution in [3.8, 4) is 0 Å². The highest BCUT2D eigenvalue weighted by Gasteiger charge is 2.12. The molecule has 1 aromatic heterocycles. The van der Waals surface area contributed by atoms with Gasteiger partial charge in [0.05, 0.1) is 5.69 Å². The summed E-state index contributed by atoms with van der Waals surface area (Å²) in [4.78, 5) is 22.9. The van der Waals surface area contributed by atoms with Crippen LogP contribution in [0.4, 0.5) is 5.69 Å². The highest BCUT2D eigenvalue weighted by Crippen LogP contribution is 2.32. The summed E-state index contributed by atoms with van der Waals surface area (Å²) < 4.78 is 1.52. The zero-order valence-electron chi connectivity index (χ0n) is 9.83. The highest BCUT2D eigenvalue weighted by molar-refractivity contribution is 9.11. The Morgan fingerprint density at radius 3 is 2.42 bits per heavy atom. The van der Waals surface area contributed by atoms with Crippen molar-refractivity contribution in [3.63, 3.8) is 0 Å². The Bertz CT molecular complexity index is 654. The number of carbonyl (C=O) groups is 1. The minimum absolute atomic E-state index is 0.138. The van der Waals surface area contributed by atoms with E-state index in [1.54, 1.807) is 0 Å². The first-order valence-corrected chi connectivity index (χ1v) is 6.88. The molecule has 2 N–H and O–H groups in total. The number of hydrogen-bond acceptors (Lipinski definition) is 3. The van der Waals surface area contributed by atoms with Crippen LogP contribution in [0.3, 0.4) is 0 Å². The number of anilines is 1. The van der Waals surface area contributed by atoms with E-state index in [1.807, 2.05) is 19.1 Å². The first-order chi connectivity index (χ1) is 8.97. The van der Waals surface area contributed by atoms with E-state index < -0.39 is 5.91 Å². The minimum atomic E-state index is -0.401. The van der Waals surface area contributed by atoms with Gasteiger partial charge in [-0.25, -0.2) is 5.10 Å². The number of amides is 1. The molecule has 0 aliphatic heterocycles. The summed E-state index contributed by atoms with van der Waals surface area (Å²) in [7, 11) is 0. The Hall–Kier alpha value is -1.47. The summed E-state index contributed by atoms with van der Waals surface area (Å²) in [5, 5.41) is 8.61. The Kier molecular flexibility index (Phi) is 4.16. The molecule has 1 amide bonds. The van der Waals surface area contributed by atoms with Crippen LogP contribution >= 0.6 is 31.9 Å². The standard InChI is InChI=1S/C12H9Br2N3O2/c1-6-4-7(13)11(8(14)5-6)15-12(19)9-2-3-10(18)17-16-9/h2-5H,1H3,(H,15,19)(H,17,18). The van der Waals surface area contributed by atoms with Gasteiger partial charge in [0, 0.05) is 15.0 Å². The van der Waals surface area contributed by atoms with Gasteiger partial charge in [0.15, 0.2) is 0 Å². The Morgan fingerprint density at radius 2 is 1.89 bits per heavy atom. The lowest BCUT2D eigenvalue weighted by molar-refractivity contribution is 0.102. The van der Waals surface area contributed by atoms with Crippen molar-refractivity contribution < 1.29 is 4.79 Å². The van der Waals surface area contributed by atoms with Crippen LogP contribution in [-0.2, 0) is 0 Å². The van der Waals surface area contributed by atoms with Gasteiger partial charge in [0.1, 0.15) is 5.69 Å². The lowest BCUT2D eigenvalue weighted by atomic mass is 10.2. The molecule has 0 aliphatic rings. The van der Waals surface area contributed by atoms with Gasteiger partial charge < -0.3 is 5.32 Å². The van der Waals surface area contributed by atoms with Crippen LogP contribution in [0.1, 0.15) is 16.1 Å². The molecule has 0 aliphatic carbocycles. The number of halogens is 2. The summed E-state index contributed by atoms with van der Waals surface area (Å²) in [5.74, 6) is -0.401. The predicted octanol–water partition coefficient (Wildman–Crippen LogP) is 2.86. The van der Waals surface area contributed by atoms with E-state index in [4.69, 9.17) is 0 Å². The van der Waals surface area contributed by atoms with Crippen molar-refractivity contribution >= 4 is 43.5 Å². The van der Waals surface area contributed by atoms with Gasteiger partial charge in [-0.3, -0.25) is 9.59 Å². The fraction of sp³-hybridized carbons (Fsp3) is 0.0833. The van der Waals surface area contributed by atoms with E-state index in [-0.39, 0.29) is 11.3 Å². The highest BCUT2D eigenvalue weighted by atomic mass is 79.9. The third kappa shape index (κ3) is 3.30. The molecular formula is C12H9Br2N3O2. The van der Waals surface area contributed by atoms with Crippen LogP contribution in [-0.4, -0.2) is 16.1 Å². The largest absolute Gasteiger partial charge is 0.319 e. The van der Waals surface area contributed by atoms with Gasteiger partial charge in [0.25, 0.3) is 11.5 Å². The number of rotatable bonds is 2. The van der Waals surface area contributed by atoms with Gasteiger partial charge >= 0.3 is 0 Å². The lowest BCUT2D eigenvalue weighted by Crippen LogP contribution is -2.18. The minimum Gasteiger partial charge on any atom is -0.319 e. The maximum absolute atomic E-state index is 12.0. The van der Waals surface area contributed by atoms with Crippen LogP contribution in [0.25, 0.3) is 0 Å². The van der Waals surface area contributed by atoms with Crippen molar-refractivity contribution in [3.05, 3.63) is 54.8 Å². The molecule has 2 rings (SSSR count). The Morgan fingerprint density at radius 1 is 1.26 bits per heavy atom. The maximum atomic E-state index is 12.0. The van der Waals surface area contributed by atoms with E-state index in [0.29, 0.717) is 5.69 Å². The number of aryl methyl sites for hydroxylation is 1. The summed E-state index contributed by atoms with van der Waals surface area (Å²) in [6.07, 6.45) is 0. The van der Waals surface area contributed by atoms with E-state index in [9.17, 15) is 9.59 Å². The Labute approximate surface area is 125 Å². The summed E-state index contributed by atoms with van der Waals surface area (Å²) in [6.45, 7) is 1.95. The van der Waals surface area contributed by atoms with Crippen molar-refractivity contribution in [2.24, 2.45) is 0 Å². The van der Waals surface area contributed by atoms with Gasteiger partial charge in [0.2, 0.25) is 0 Å². The van der Waals surface area contributed by atoms with E-state index in [2.05, 4.69) is 47.4 Å². The first kappa shape index (κ1) is 14.0. The monoisotopic (exact) mass is 385 g/mol. The van der Waals surface area contributed by atoms with Gasteiger partial charge in [-0.1, -0.05) is 0 Å². The fourth-order valence-corrected chi connectivity index (χ4v) is 3.08. The van der Waals surface area contributed by atoms with Crippen molar-refractivity contribution in [2.75, 3.05) is 5.32 Å². The summed E-state index contributed by atoms with van der Waals surface area (Å²) >= 11 is 6.78. The second-order valence-corrected chi connectivity index (χ2v) is 5.57. The van der Waals surface area contributed by atoms with Gasteiger partial charge in [-0.05, 0) is 62.5 Å². The number of hydrogen-bond donors (Lipinski definition) is 2. The van der Waals surface area contributed by atoms with Crippen molar-refractivity contribution in [1.82, 2.24) is 10.2 Å². The van der Waals surface area contributed by atoms with E-state index in [1.165, 1.54) is 12.1 Å². The van der Waals surface area contributed by atoms with Crippen LogP contribution in [0.2, 0.25) is 0 Å². The number of H-pyrrole nitrogens is 1. The van der Waals surface area contributed by atoms with E-state index >= 15 is 0 Å². The number of nitrogens with zero attached hydrogens (tertiary/aromatic N) is 1. The first-order valence-electron chi connectivity index (χ1n) is 5.30. The summed E-state index contributed by atoms with van der Waals surface area (Å²) in [5.41, 5.74) is 1.45. The fourth-order valence-electron chi connectivity index (χ4n) is 1.47. The average Bonchev–Trinajstić information content (AvgIpc) is 2.34. The second-order valence-electron chi connectivity index (χ2n) is 3.86. The molecule has 2 aromatic rings. The van der Waals surface area contributed by atoms with Crippen LogP contribution in [0.5, 0.6) is 0 Å². The van der Waals surface area contributed by atoms with Crippen molar-refractivity contribution in [1.29, 1.82) is 0 Å². The molecule has 0 saturated heterocycles. The molecule has 0 bridgehead atoms. The summed E-state index contributed by atoms with van der Waals surface area (Å²) in [6, 6.07) is 6.40. The number of benzene rings is 1. The normalized spacial score (nSPS) is 10.3. The topological polar surface area (TPSA) is 74.8 Å². The molecule has 1 aromatic carbocycles. The smallest absolute Gasteiger partial charge is 0.276 e. The maximum Gasteiger partial charge on any atom is 0.276 e. The predicted molar refractivity (Wildman–Crippen MR) is 79.4 cm³/mol. The number of aromatic amines is 1. The molecule has 0 fully saturated rings. The molecule has 7 heteroatoms. The molecule has 0 saturated carbocycles. The van der Waals surface area contributed by atoms with Gasteiger partial charge in [-0.15, -0.1) is 0 Å². The molecule has 19 heavy (non-hydrogen) atoms.